The topological polar surface area (TPSA) is 3.24 Å². The second kappa shape index (κ2) is 5.71. The van der Waals surface area contributed by atoms with Gasteiger partial charge in [0.1, 0.15) is 0 Å². The molecule has 28 heavy (non-hydrogen) atoms. The Morgan fingerprint density at radius 3 is 1.89 bits per heavy atom. The van der Waals surface area contributed by atoms with Crippen molar-refractivity contribution in [2.75, 3.05) is 11.9 Å². The third kappa shape index (κ3) is 2.07. The van der Waals surface area contributed by atoms with E-state index in [2.05, 4.69) is 109 Å². The van der Waals surface area contributed by atoms with Crippen molar-refractivity contribution in [3.63, 3.8) is 0 Å². The average Bonchev–Trinajstić information content (AvgIpc) is 2.86. The predicted octanol–water partition coefficient (Wildman–Crippen LogP) is 7.41. The molecule has 5 aromatic carbocycles. The van der Waals surface area contributed by atoms with Gasteiger partial charge in [0.15, 0.2) is 0 Å². The van der Waals surface area contributed by atoms with E-state index in [1.807, 2.05) is 0 Å². The fourth-order valence-corrected chi connectivity index (χ4v) is 4.63. The first-order valence-corrected chi connectivity index (χ1v) is 9.69. The first kappa shape index (κ1) is 15.5. The maximum absolute atomic E-state index is 2.37. The number of nitrogens with zero attached hydrogens (tertiary/aromatic N) is 1. The Hall–Kier alpha value is -3.58. The second-order valence-electron chi connectivity index (χ2n) is 7.50. The Labute approximate surface area is 164 Å². The molecule has 1 nitrogen and oxygen atoms in total. The van der Waals surface area contributed by atoms with Crippen molar-refractivity contribution in [2.24, 2.45) is 0 Å². The van der Waals surface area contributed by atoms with Crippen molar-refractivity contribution in [1.29, 1.82) is 0 Å². The fraction of sp³-hybridized carbons (Fsp3) is 0.0370. The summed E-state index contributed by atoms with van der Waals surface area (Å²) in [5, 5.41) is 5.11. The van der Waals surface area contributed by atoms with Gasteiger partial charge in [0, 0.05) is 29.2 Å². The molecule has 0 unspecified atom stereocenters. The van der Waals surface area contributed by atoms with Crippen LogP contribution in [-0.4, -0.2) is 7.05 Å². The molecule has 0 amide bonds. The van der Waals surface area contributed by atoms with Gasteiger partial charge in [-0.25, -0.2) is 0 Å². The monoisotopic (exact) mass is 357 g/mol. The highest BCUT2D eigenvalue weighted by molar-refractivity contribution is 6.10. The minimum Gasteiger partial charge on any atom is -0.343 e. The standard InChI is InChI=1S/C27H19N/c1-28-26-17-20-10-3-2-9-19(20)16-25(26)23-13-7-6-12-22(23)24-15-14-18-8-4-5-11-21(18)27(24)28/h2-17H,1H3. The molecule has 0 N–H and O–H groups in total. The molecule has 0 atom stereocenters. The molecule has 0 saturated carbocycles. The fourth-order valence-electron chi connectivity index (χ4n) is 4.63. The van der Waals surface area contributed by atoms with E-state index < -0.39 is 0 Å². The number of rotatable bonds is 0. The highest BCUT2D eigenvalue weighted by Gasteiger charge is 2.24. The molecule has 0 bridgehead atoms. The summed E-state index contributed by atoms with van der Waals surface area (Å²) < 4.78 is 0. The molecule has 1 aliphatic heterocycles. The first-order valence-electron chi connectivity index (χ1n) is 9.69. The third-order valence-corrected chi connectivity index (χ3v) is 5.97. The third-order valence-electron chi connectivity index (χ3n) is 5.97. The van der Waals surface area contributed by atoms with Gasteiger partial charge in [-0.05, 0) is 39.4 Å². The first-order chi connectivity index (χ1) is 13.8. The van der Waals surface area contributed by atoms with E-state index in [1.165, 1.54) is 55.2 Å². The highest BCUT2D eigenvalue weighted by Crippen LogP contribution is 2.50. The van der Waals surface area contributed by atoms with Gasteiger partial charge in [-0.2, -0.15) is 0 Å². The van der Waals surface area contributed by atoms with Gasteiger partial charge in [0.25, 0.3) is 0 Å². The largest absolute Gasteiger partial charge is 0.343 e. The molecule has 132 valence electrons. The molecule has 0 aromatic heterocycles. The molecule has 0 aliphatic carbocycles. The molecular weight excluding hydrogens is 338 g/mol. The van der Waals surface area contributed by atoms with Gasteiger partial charge in [-0.15, -0.1) is 0 Å². The molecular formula is C27H19N. The van der Waals surface area contributed by atoms with Gasteiger partial charge >= 0.3 is 0 Å². The van der Waals surface area contributed by atoms with Crippen LogP contribution in [0, 0.1) is 0 Å². The van der Waals surface area contributed by atoms with Crippen LogP contribution in [0.25, 0.3) is 43.8 Å². The zero-order chi connectivity index (χ0) is 18.7. The van der Waals surface area contributed by atoms with E-state index in [-0.39, 0.29) is 0 Å². The Kier molecular flexibility index (Phi) is 3.15. The second-order valence-corrected chi connectivity index (χ2v) is 7.50. The van der Waals surface area contributed by atoms with Crippen molar-refractivity contribution >= 4 is 32.9 Å². The molecule has 5 aromatic rings. The minimum atomic E-state index is 1.25. The highest BCUT2D eigenvalue weighted by atomic mass is 15.1. The summed E-state index contributed by atoms with van der Waals surface area (Å²) >= 11 is 0. The number of hydrogen-bond acceptors (Lipinski definition) is 1. The van der Waals surface area contributed by atoms with Crippen molar-refractivity contribution in [3.8, 4) is 22.3 Å². The molecule has 1 aliphatic rings. The molecule has 6 rings (SSSR count). The minimum absolute atomic E-state index is 1.25. The lowest BCUT2D eigenvalue weighted by atomic mass is 9.92. The molecule has 0 fully saturated rings. The Morgan fingerprint density at radius 1 is 0.500 bits per heavy atom. The normalized spacial score (nSPS) is 12.4. The van der Waals surface area contributed by atoms with Gasteiger partial charge in [-0.3, -0.25) is 0 Å². The molecule has 1 heteroatoms. The zero-order valence-electron chi connectivity index (χ0n) is 15.7. The molecule has 0 spiro atoms. The van der Waals surface area contributed by atoms with Crippen LogP contribution in [0.1, 0.15) is 0 Å². The average molecular weight is 357 g/mol. The number of benzene rings is 5. The summed E-state index contributed by atoms with van der Waals surface area (Å²) in [7, 11) is 2.20. The Bertz CT molecular complexity index is 1370. The number of fused-ring (bicyclic) bond motifs is 8. The Morgan fingerprint density at radius 2 is 1.11 bits per heavy atom. The van der Waals surface area contributed by atoms with E-state index in [0.29, 0.717) is 0 Å². The van der Waals surface area contributed by atoms with Gasteiger partial charge in [0.05, 0.1) is 5.69 Å². The van der Waals surface area contributed by atoms with E-state index in [9.17, 15) is 0 Å². The van der Waals surface area contributed by atoms with E-state index >= 15 is 0 Å². The summed E-state index contributed by atoms with van der Waals surface area (Å²) in [6.45, 7) is 0. The van der Waals surface area contributed by atoms with Crippen LogP contribution < -0.4 is 4.90 Å². The lowest BCUT2D eigenvalue weighted by Crippen LogP contribution is -2.11. The van der Waals surface area contributed by atoms with Crippen LogP contribution in [-0.2, 0) is 0 Å². The maximum atomic E-state index is 2.37. The smallest absolute Gasteiger partial charge is 0.0567 e. The van der Waals surface area contributed by atoms with Crippen LogP contribution in [0.4, 0.5) is 11.4 Å². The molecule has 0 radical (unpaired) electrons. The van der Waals surface area contributed by atoms with Crippen LogP contribution in [0.5, 0.6) is 0 Å². The maximum Gasteiger partial charge on any atom is 0.0567 e. The van der Waals surface area contributed by atoms with Crippen LogP contribution >= 0.6 is 0 Å². The number of anilines is 2. The quantitative estimate of drug-likeness (QED) is 0.279. The van der Waals surface area contributed by atoms with Crippen molar-refractivity contribution < 1.29 is 0 Å². The number of hydrogen-bond donors (Lipinski definition) is 0. The van der Waals surface area contributed by atoms with Crippen LogP contribution in [0.3, 0.4) is 0 Å². The van der Waals surface area contributed by atoms with Gasteiger partial charge in [-0.1, -0.05) is 84.9 Å². The van der Waals surface area contributed by atoms with Crippen molar-refractivity contribution in [3.05, 3.63) is 97.1 Å². The summed E-state index contributed by atoms with van der Waals surface area (Å²) in [6.07, 6.45) is 0. The van der Waals surface area contributed by atoms with E-state index in [4.69, 9.17) is 0 Å². The predicted molar refractivity (Wildman–Crippen MR) is 120 cm³/mol. The van der Waals surface area contributed by atoms with E-state index in [1.54, 1.807) is 0 Å². The summed E-state index contributed by atoms with van der Waals surface area (Å²) in [4.78, 5) is 2.37. The van der Waals surface area contributed by atoms with Gasteiger partial charge in [0.2, 0.25) is 0 Å². The summed E-state index contributed by atoms with van der Waals surface area (Å²) in [5.74, 6) is 0. The summed E-state index contributed by atoms with van der Waals surface area (Å²) in [6, 6.07) is 35.3. The van der Waals surface area contributed by atoms with Crippen LogP contribution in [0.2, 0.25) is 0 Å². The lowest BCUT2D eigenvalue weighted by Gasteiger charge is -2.24. The SMILES string of the molecule is CN1c2cc3ccccc3cc2-c2ccccc2-c2ccc3ccccc3c21. The Balaban J connectivity index is 1.81. The molecule has 1 heterocycles. The van der Waals surface area contributed by atoms with E-state index in [0.717, 1.165) is 0 Å². The lowest BCUT2D eigenvalue weighted by molar-refractivity contribution is 1.24. The summed E-state index contributed by atoms with van der Waals surface area (Å²) in [5.41, 5.74) is 7.70. The van der Waals surface area contributed by atoms with Crippen LogP contribution in [0.15, 0.2) is 97.1 Å². The zero-order valence-corrected chi connectivity index (χ0v) is 15.7. The van der Waals surface area contributed by atoms with Crippen molar-refractivity contribution in [2.45, 2.75) is 0 Å². The van der Waals surface area contributed by atoms with Crippen molar-refractivity contribution in [1.82, 2.24) is 0 Å². The van der Waals surface area contributed by atoms with Gasteiger partial charge < -0.3 is 4.90 Å². The molecule has 0 saturated heterocycles.